The summed E-state index contributed by atoms with van der Waals surface area (Å²) in [5.74, 6) is -0.995. The summed E-state index contributed by atoms with van der Waals surface area (Å²) >= 11 is 0. The van der Waals surface area contributed by atoms with E-state index in [4.69, 9.17) is 0 Å². The number of carbonyl (C=O) groups is 3. The van der Waals surface area contributed by atoms with Gasteiger partial charge < -0.3 is 9.88 Å². The van der Waals surface area contributed by atoms with E-state index in [1.54, 1.807) is 31.2 Å². The zero-order valence-electron chi connectivity index (χ0n) is 16.5. The van der Waals surface area contributed by atoms with Crippen LogP contribution in [0.25, 0.3) is 5.69 Å². The minimum absolute atomic E-state index is 0.351. The van der Waals surface area contributed by atoms with Crippen molar-refractivity contribution in [1.82, 2.24) is 20.3 Å². The lowest BCUT2D eigenvalue weighted by Crippen LogP contribution is -2.48. The second kappa shape index (κ2) is 7.87. The number of aryl methyl sites for hydroxylation is 1. The maximum Gasteiger partial charge on any atom is 0.344 e. The average Bonchev–Trinajstić information content (AvgIpc) is 3.37. The van der Waals surface area contributed by atoms with E-state index in [2.05, 4.69) is 10.7 Å². The summed E-state index contributed by atoms with van der Waals surface area (Å²) < 4.78 is 1.91. The highest BCUT2D eigenvalue weighted by Gasteiger charge is 2.48. The second-order valence-electron chi connectivity index (χ2n) is 7.47. The van der Waals surface area contributed by atoms with Gasteiger partial charge in [0.15, 0.2) is 0 Å². The Morgan fingerprint density at radius 2 is 1.63 bits per heavy atom. The smallest absolute Gasteiger partial charge is 0.324 e. The minimum Gasteiger partial charge on any atom is -0.324 e. The lowest BCUT2D eigenvalue weighted by Gasteiger charge is -2.21. The summed E-state index contributed by atoms with van der Waals surface area (Å²) in [6.07, 6.45) is 4.86. The van der Waals surface area contributed by atoms with Gasteiger partial charge in [-0.15, -0.1) is 0 Å². The van der Waals surface area contributed by atoms with Crippen LogP contribution in [0.15, 0.2) is 79.1 Å². The fourth-order valence-corrected chi connectivity index (χ4v) is 3.45. The average molecular weight is 402 g/mol. The molecular weight excluding hydrogens is 380 g/mol. The van der Waals surface area contributed by atoms with E-state index in [1.165, 1.54) is 0 Å². The van der Waals surface area contributed by atoms with Crippen LogP contribution >= 0.6 is 0 Å². The fourth-order valence-electron chi connectivity index (χ4n) is 3.45. The van der Waals surface area contributed by atoms with Gasteiger partial charge in [0, 0.05) is 23.6 Å². The number of hydrogen-bond acceptors (Lipinski definition) is 3. The topological polar surface area (TPSA) is 83.4 Å². The van der Waals surface area contributed by atoms with Crippen LogP contribution in [0.3, 0.4) is 0 Å². The Balaban J connectivity index is 1.42. The molecule has 0 radical (unpaired) electrons. The van der Waals surface area contributed by atoms with Crippen molar-refractivity contribution in [2.45, 2.75) is 25.3 Å². The first-order valence-electron chi connectivity index (χ1n) is 9.71. The molecule has 1 saturated heterocycles. The van der Waals surface area contributed by atoms with Gasteiger partial charge in [0.25, 0.3) is 11.8 Å². The molecule has 1 aromatic heterocycles. The van der Waals surface area contributed by atoms with E-state index >= 15 is 0 Å². The van der Waals surface area contributed by atoms with E-state index in [9.17, 15) is 14.4 Å². The van der Waals surface area contributed by atoms with Gasteiger partial charge >= 0.3 is 6.03 Å². The lowest BCUT2D eigenvalue weighted by atomic mass is 9.93. The van der Waals surface area contributed by atoms with Gasteiger partial charge in [-0.05, 0) is 61.7 Å². The van der Waals surface area contributed by atoms with Gasteiger partial charge in [-0.25, -0.2) is 4.79 Å². The number of hydrazine groups is 1. The Hall–Kier alpha value is -3.87. The SMILES string of the molecule is CC1(CCc2ccccc2)NC(=O)N(NC(=O)c2ccc(-n3cccc3)cc2)C1=O. The van der Waals surface area contributed by atoms with Crippen molar-refractivity contribution in [2.24, 2.45) is 0 Å². The Morgan fingerprint density at radius 1 is 0.967 bits per heavy atom. The van der Waals surface area contributed by atoms with E-state index in [-0.39, 0.29) is 0 Å². The van der Waals surface area contributed by atoms with Crippen molar-refractivity contribution < 1.29 is 14.4 Å². The quantitative estimate of drug-likeness (QED) is 0.622. The third kappa shape index (κ3) is 3.82. The predicted molar refractivity (Wildman–Crippen MR) is 112 cm³/mol. The van der Waals surface area contributed by atoms with Gasteiger partial charge in [-0.3, -0.25) is 15.0 Å². The van der Waals surface area contributed by atoms with Crippen LogP contribution in [-0.2, 0) is 11.2 Å². The number of imide groups is 1. The number of urea groups is 1. The number of nitrogens with zero attached hydrogens (tertiary/aromatic N) is 2. The highest BCUT2D eigenvalue weighted by Crippen LogP contribution is 2.22. The molecule has 0 aliphatic carbocycles. The van der Waals surface area contributed by atoms with Gasteiger partial charge in [0.05, 0.1) is 0 Å². The molecule has 0 spiro atoms. The van der Waals surface area contributed by atoms with Crippen molar-refractivity contribution >= 4 is 17.8 Å². The molecule has 2 heterocycles. The molecule has 2 aromatic carbocycles. The van der Waals surface area contributed by atoms with Crippen molar-refractivity contribution in [2.75, 3.05) is 0 Å². The number of benzene rings is 2. The van der Waals surface area contributed by atoms with Gasteiger partial charge in [-0.1, -0.05) is 30.3 Å². The summed E-state index contributed by atoms with van der Waals surface area (Å²) in [6.45, 7) is 1.67. The zero-order valence-corrected chi connectivity index (χ0v) is 16.5. The molecule has 1 fully saturated rings. The summed E-state index contributed by atoms with van der Waals surface area (Å²) in [5, 5.41) is 3.48. The Kier molecular flexibility index (Phi) is 5.10. The molecule has 30 heavy (non-hydrogen) atoms. The number of carbonyl (C=O) groups excluding carboxylic acids is 3. The minimum atomic E-state index is -1.07. The maximum absolute atomic E-state index is 12.9. The fraction of sp³-hybridized carbons (Fsp3) is 0.174. The predicted octanol–water partition coefficient (Wildman–Crippen LogP) is 3.07. The largest absolute Gasteiger partial charge is 0.344 e. The molecule has 4 amide bonds. The van der Waals surface area contributed by atoms with Gasteiger partial charge in [-0.2, -0.15) is 5.01 Å². The van der Waals surface area contributed by atoms with Crippen molar-refractivity contribution in [3.05, 3.63) is 90.3 Å². The molecule has 7 heteroatoms. The van der Waals surface area contributed by atoms with Gasteiger partial charge in [0.2, 0.25) is 0 Å². The number of rotatable bonds is 6. The highest BCUT2D eigenvalue weighted by molar-refractivity contribution is 6.09. The van der Waals surface area contributed by atoms with Crippen LogP contribution in [-0.4, -0.2) is 33.0 Å². The third-order valence-electron chi connectivity index (χ3n) is 5.26. The summed E-state index contributed by atoms with van der Waals surface area (Å²) in [5.41, 5.74) is 3.69. The zero-order chi connectivity index (χ0) is 21.1. The Bertz CT molecular complexity index is 1060. The van der Waals surface area contributed by atoms with Crippen molar-refractivity contribution in [3.8, 4) is 5.69 Å². The summed E-state index contributed by atoms with van der Waals surface area (Å²) in [6, 6.07) is 19.8. The van der Waals surface area contributed by atoms with Gasteiger partial charge in [0.1, 0.15) is 5.54 Å². The molecule has 1 unspecified atom stereocenters. The molecule has 1 aliphatic rings. The van der Waals surface area contributed by atoms with Crippen LogP contribution in [0.1, 0.15) is 29.3 Å². The standard InChI is InChI=1S/C23H22N4O3/c1-23(14-13-17-7-3-2-4-8-17)21(29)27(22(30)24-23)25-20(28)18-9-11-19(12-10-18)26-15-5-6-16-26/h2-12,15-16H,13-14H2,1H3,(H,24,30)(H,25,28). The second-order valence-corrected chi connectivity index (χ2v) is 7.47. The first-order valence-corrected chi connectivity index (χ1v) is 9.71. The molecule has 2 N–H and O–H groups in total. The number of hydrogen-bond donors (Lipinski definition) is 2. The van der Waals surface area contributed by atoms with Crippen molar-refractivity contribution in [1.29, 1.82) is 0 Å². The third-order valence-corrected chi connectivity index (χ3v) is 5.26. The maximum atomic E-state index is 12.9. The Labute approximate surface area is 174 Å². The molecule has 7 nitrogen and oxygen atoms in total. The summed E-state index contributed by atoms with van der Waals surface area (Å²) in [4.78, 5) is 37.8. The number of amides is 4. The first kappa shape index (κ1) is 19.4. The number of nitrogens with one attached hydrogen (secondary N) is 2. The van der Waals surface area contributed by atoms with E-state index in [1.807, 2.05) is 59.4 Å². The van der Waals surface area contributed by atoms with E-state index in [0.717, 1.165) is 16.3 Å². The first-order chi connectivity index (χ1) is 14.5. The molecule has 1 aliphatic heterocycles. The van der Waals surface area contributed by atoms with Crippen LogP contribution in [0.4, 0.5) is 4.79 Å². The molecule has 3 aromatic rings. The Morgan fingerprint density at radius 3 is 2.30 bits per heavy atom. The van der Waals surface area contributed by atoms with Crippen molar-refractivity contribution in [3.63, 3.8) is 0 Å². The van der Waals surface area contributed by atoms with E-state index in [0.29, 0.717) is 18.4 Å². The van der Waals surface area contributed by atoms with Crippen LogP contribution in [0.2, 0.25) is 0 Å². The molecule has 4 rings (SSSR count). The van der Waals surface area contributed by atoms with Crippen LogP contribution in [0.5, 0.6) is 0 Å². The van der Waals surface area contributed by atoms with E-state index < -0.39 is 23.4 Å². The molecule has 152 valence electrons. The molecule has 0 saturated carbocycles. The monoisotopic (exact) mass is 402 g/mol. The van der Waals surface area contributed by atoms with Crippen LogP contribution in [0, 0.1) is 0 Å². The summed E-state index contributed by atoms with van der Waals surface area (Å²) in [7, 11) is 0. The van der Waals surface area contributed by atoms with Crippen LogP contribution < -0.4 is 10.7 Å². The normalized spacial score (nSPS) is 18.4. The highest BCUT2D eigenvalue weighted by atomic mass is 16.2. The lowest BCUT2D eigenvalue weighted by molar-refractivity contribution is -0.132. The molecule has 1 atom stereocenters. The number of aromatic nitrogens is 1. The molecule has 0 bridgehead atoms. The molecular formula is C23H22N4O3.